The van der Waals surface area contributed by atoms with Crippen molar-refractivity contribution in [2.24, 2.45) is 0 Å². The van der Waals surface area contributed by atoms with Gasteiger partial charge in [0.25, 0.3) is 0 Å². The first-order chi connectivity index (χ1) is 25.4. The highest BCUT2D eigenvalue weighted by Gasteiger charge is 2.92. The van der Waals surface area contributed by atoms with E-state index in [9.17, 15) is 66.7 Å². The highest BCUT2D eigenvalue weighted by Crippen LogP contribution is 2.60. The summed E-state index contributed by atoms with van der Waals surface area (Å²) in [7, 11) is 0. The Kier molecular flexibility index (Phi) is 14.1. The Bertz CT molecular complexity index is 1710. The molecule has 0 saturated carbocycles. The number of unbranched alkanes of at least 4 members (excludes halogenated alkanes) is 3. The summed E-state index contributed by atoms with van der Waals surface area (Å²) < 4.78 is 192. The van der Waals surface area contributed by atoms with Gasteiger partial charge >= 0.3 is 47.7 Å². The summed E-state index contributed by atoms with van der Waals surface area (Å²) in [5.41, 5.74) is 1.44. The average Bonchev–Trinajstić information content (AvgIpc) is 3.12. The Hall–Kier alpha value is -4.71. The van der Waals surface area contributed by atoms with E-state index in [1.807, 2.05) is 6.92 Å². The summed E-state index contributed by atoms with van der Waals surface area (Å²) >= 11 is 0. The third kappa shape index (κ3) is 9.94. The number of esters is 2. The summed E-state index contributed by atoms with van der Waals surface area (Å²) in [4.78, 5) is 24.1. The second-order valence-electron chi connectivity index (χ2n) is 12.1. The van der Waals surface area contributed by atoms with Gasteiger partial charge in [0.2, 0.25) is 0 Å². The molecule has 0 aromatic heterocycles. The SMILES string of the molecule is CCCCCC[C@H](C)Oc1ccc(C(=O)Oc2ccc(-c3ccc(OCCOC(=O)C(F)(F)C(F)(F)C(F)(F)C(F)(F)C(F)(F)C(F)(F)F)cc3)cc2)cc1. The molecule has 55 heavy (non-hydrogen) atoms. The van der Waals surface area contributed by atoms with E-state index in [1.54, 1.807) is 36.4 Å². The van der Waals surface area contributed by atoms with Crippen LogP contribution in [-0.4, -0.2) is 67.0 Å². The minimum atomic E-state index is -8.13. The fourth-order valence-corrected chi connectivity index (χ4v) is 4.73. The lowest BCUT2D eigenvalue weighted by Gasteiger charge is -2.38. The zero-order chi connectivity index (χ0) is 41.5. The van der Waals surface area contributed by atoms with E-state index in [4.69, 9.17) is 14.2 Å². The van der Waals surface area contributed by atoms with Gasteiger partial charge in [-0.25, -0.2) is 9.59 Å². The molecule has 0 aliphatic heterocycles. The van der Waals surface area contributed by atoms with Gasteiger partial charge in [-0.1, -0.05) is 50.5 Å². The molecule has 6 nitrogen and oxygen atoms in total. The van der Waals surface area contributed by atoms with Gasteiger partial charge in [0.15, 0.2) is 0 Å². The van der Waals surface area contributed by atoms with E-state index in [0.29, 0.717) is 16.9 Å². The van der Waals surface area contributed by atoms with Crippen LogP contribution in [0.25, 0.3) is 11.1 Å². The lowest BCUT2D eigenvalue weighted by molar-refractivity contribution is -0.437. The van der Waals surface area contributed by atoms with Gasteiger partial charge in [0, 0.05) is 0 Å². The Morgan fingerprint density at radius 1 is 0.582 bits per heavy atom. The van der Waals surface area contributed by atoms with E-state index in [-0.39, 0.29) is 23.2 Å². The third-order valence-corrected chi connectivity index (χ3v) is 7.92. The number of hydrogen-bond acceptors (Lipinski definition) is 6. The van der Waals surface area contributed by atoms with E-state index >= 15 is 0 Å². The zero-order valence-electron chi connectivity index (χ0n) is 28.8. The summed E-state index contributed by atoms with van der Waals surface area (Å²) in [6.07, 6.45) is -2.16. The van der Waals surface area contributed by atoms with Crippen LogP contribution in [0.5, 0.6) is 17.2 Å². The van der Waals surface area contributed by atoms with Crippen molar-refractivity contribution >= 4 is 11.9 Å². The Morgan fingerprint density at radius 3 is 1.58 bits per heavy atom. The molecule has 0 N–H and O–H groups in total. The van der Waals surface area contributed by atoms with Crippen LogP contribution >= 0.6 is 0 Å². The smallest absolute Gasteiger partial charge is 0.460 e. The molecule has 3 aromatic carbocycles. The molecule has 0 fully saturated rings. The highest BCUT2D eigenvalue weighted by molar-refractivity contribution is 5.91. The normalized spacial score (nSPS) is 13.6. The maximum atomic E-state index is 13.9. The monoisotopic (exact) mass is 808 g/mol. The Balaban J connectivity index is 1.51. The van der Waals surface area contributed by atoms with Gasteiger partial charge < -0.3 is 18.9 Å². The molecule has 1 atom stereocenters. The van der Waals surface area contributed by atoms with Gasteiger partial charge in [-0.05, 0) is 79.4 Å². The average molecular weight is 809 g/mol. The predicted molar refractivity (Wildman–Crippen MR) is 169 cm³/mol. The van der Waals surface area contributed by atoms with Gasteiger partial charge in [0.1, 0.15) is 30.5 Å². The number of rotatable bonds is 19. The molecule has 3 aromatic rings. The second-order valence-corrected chi connectivity index (χ2v) is 12.1. The van der Waals surface area contributed by atoms with Crippen molar-refractivity contribution < 1.29 is 85.6 Å². The molecule has 0 radical (unpaired) electrons. The molecule has 3 rings (SSSR count). The van der Waals surface area contributed by atoms with Crippen molar-refractivity contribution in [3.05, 3.63) is 78.4 Å². The molecule has 19 heteroatoms. The van der Waals surface area contributed by atoms with Crippen LogP contribution in [-0.2, 0) is 9.53 Å². The van der Waals surface area contributed by atoms with Gasteiger partial charge in [-0.3, -0.25) is 0 Å². The Morgan fingerprint density at radius 2 is 1.07 bits per heavy atom. The fraction of sp³-hybridized carbons (Fsp3) is 0.444. The van der Waals surface area contributed by atoms with Crippen molar-refractivity contribution in [3.8, 4) is 28.4 Å². The van der Waals surface area contributed by atoms with Crippen molar-refractivity contribution in [2.75, 3.05) is 13.2 Å². The van der Waals surface area contributed by atoms with E-state index in [0.717, 1.165) is 25.7 Å². The number of carbonyl (C=O) groups is 2. The van der Waals surface area contributed by atoms with Gasteiger partial charge in [0.05, 0.1) is 11.7 Å². The number of alkyl halides is 13. The van der Waals surface area contributed by atoms with Crippen LogP contribution in [0.3, 0.4) is 0 Å². The molecule has 0 spiro atoms. The molecule has 0 bridgehead atoms. The molecule has 0 amide bonds. The standard InChI is InChI=1S/C36H33F13O6/c1-3-4-5-6-7-22(2)54-27-18-12-25(13-19-27)29(50)55-28-16-10-24(11-17-28)23-8-14-26(15-9-23)52-20-21-53-30(51)31(37,38)32(39,40)33(41,42)34(43,44)35(45,46)36(47,48)49/h8-19,22H,3-7,20-21H2,1-2H3/t22-/m0/s1. The van der Waals surface area contributed by atoms with Crippen LogP contribution < -0.4 is 14.2 Å². The number of benzene rings is 3. The molecular formula is C36H33F13O6. The van der Waals surface area contributed by atoms with Crippen molar-refractivity contribution in [1.29, 1.82) is 0 Å². The maximum Gasteiger partial charge on any atom is 0.460 e. The zero-order valence-corrected chi connectivity index (χ0v) is 28.8. The first kappa shape index (κ1) is 44.7. The first-order valence-corrected chi connectivity index (χ1v) is 16.4. The summed E-state index contributed by atoms with van der Waals surface area (Å²) in [5, 5.41) is 0. The first-order valence-electron chi connectivity index (χ1n) is 16.4. The minimum Gasteiger partial charge on any atom is -0.491 e. The summed E-state index contributed by atoms with van der Waals surface area (Å²) in [6.45, 7) is 1.76. The predicted octanol–water partition coefficient (Wildman–Crippen LogP) is 11.0. The van der Waals surface area contributed by atoms with Crippen LogP contribution in [0.15, 0.2) is 72.8 Å². The van der Waals surface area contributed by atoms with Crippen molar-refractivity contribution in [1.82, 2.24) is 0 Å². The molecule has 304 valence electrons. The number of carbonyl (C=O) groups excluding carboxylic acids is 2. The second kappa shape index (κ2) is 17.4. The van der Waals surface area contributed by atoms with E-state index in [1.165, 1.54) is 42.8 Å². The number of halogens is 13. The molecule has 0 unspecified atom stereocenters. The fourth-order valence-electron chi connectivity index (χ4n) is 4.73. The lowest BCUT2D eigenvalue weighted by atomic mass is 9.94. The lowest BCUT2D eigenvalue weighted by Crippen LogP contribution is -2.71. The number of ether oxygens (including phenoxy) is 4. The third-order valence-electron chi connectivity index (χ3n) is 7.92. The Labute approximate surface area is 305 Å². The van der Waals surface area contributed by atoms with E-state index in [2.05, 4.69) is 11.7 Å². The maximum absolute atomic E-state index is 13.9. The van der Waals surface area contributed by atoms with Gasteiger partial charge in [-0.2, -0.15) is 57.1 Å². The largest absolute Gasteiger partial charge is 0.491 e. The van der Waals surface area contributed by atoms with Crippen molar-refractivity contribution in [3.63, 3.8) is 0 Å². The molecular weight excluding hydrogens is 775 g/mol. The van der Waals surface area contributed by atoms with Crippen LogP contribution in [0, 0.1) is 0 Å². The van der Waals surface area contributed by atoms with Crippen LogP contribution in [0.2, 0.25) is 0 Å². The van der Waals surface area contributed by atoms with Crippen LogP contribution in [0.4, 0.5) is 57.1 Å². The summed E-state index contributed by atoms with van der Waals surface area (Å²) in [6, 6.07) is 18.2. The number of hydrogen-bond donors (Lipinski definition) is 0. The topological polar surface area (TPSA) is 71.1 Å². The molecule has 0 aliphatic carbocycles. The molecule has 0 saturated heterocycles. The molecule has 0 aliphatic rings. The highest BCUT2D eigenvalue weighted by atomic mass is 19.4. The van der Waals surface area contributed by atoms with Gasteiger partial charge in [-0.15, -0.1) is 0 Å². The quantitative estimate of drug-likeness (QED) is 0.0520. The van der Waals surface area contributed by atoms with Crippen LogP contribution in [0.1, 0.15) is 56.3 Å². The van der Waals surface area contributed by atoms with Crippen molar-refractivity contribution in [2.45, 2.75) is 87.8 Å². The minimum absolute atomic E-state index is 0.0118. The van der Waals surface area contributed by atoms with E-state index < -0.39 is 60.9 Å². The molecule has 0 heterocycles. The summed E-state index contributed by atoms with van der Waals surface area (Å²) in [5.74, 6) is -42.5.